The number of carbonyl (C=O) groups excluding carboxylic acids is 1. The molecule has 0 radical (unpaired) electrons. The number of carbonyl (C=O) groups is 1. The molecule has 1 aromatic carbocycles. The number of nitrogens with one attached hydrogen (secondary N) is 1. The standard InChI is InChI=1S/C21H23N7O/c1-3-17(29)28-7-6-16(11-28)25-19-18-21(24-12-23-19)27(2)20(26-18)13-4-5-14-9-22-10-15(14)8-13/h4-5,8-9,12,16H,3,6-7,10-11H2,1-2H3,(H,23,24,25). The van der Waals surface area contributed by atoms with E-state index in [1.807, 2.05) is 29.7 Å². The Hall–Kier alpha value is -3.29. The van der Waals surface area contributed by atoms with E-state index in [1.54, 1.807) is 6.33 Å². The average Bonchev–Trinajstić information content (AvgIpc) is 3.46. The number of benzene rings is 1. The topological polar surface area (TPSA) is 88.3 Å². The zero-order valence-corrected chi connectivity index (χ0v) is 16.6. The Labute approximate surface area is 168 Å². The Bertz CT molecular complexity index is 1130. The number of nitrogens with zero attached hydrogens (tertiary/aromatic N) is 6. The third kappa shape index (κ3) is 3.04. The highest BCUT2D eigenvalue weighted by molar-refractivity contribution is 5.88. The van der Waals surface area contributed by atoms with Crippen molar-refractivity contribution < 1.29 is 4.79 Å². The van der Waals surface area contributed by atoms with Crippen LogP contribution in [0.2, 0.25) is 0 Å². The SMILES string of the molecule is CCC(=O)N1CCC(Nc2ncnc3c2nc(-c2ccc4c(c2)CN=C4)n3C)C1. The van der Waals surface area contributed by atoms with Crippen molar-refractivity contribution in [2.75, 3.05) is 18.4 Å². The highest BCUT2D eigenvalue weighted by Crippen LogP contribution is 2.29. The third-order valence-electron chi connectivity index (χ3n) is 5.73. The number of aliphatic imine (C=N–C) groups is 1. The highest BCUT2D eigenvalue weighted by Gasteiger charge is 2.26. The van der Waals surface area contributed by atoms with Gasteiger partial charge in [0.1, 0.15) is 12.2 Å². The van der Waals surface area contributed by atoms with Crippen LogP contribution in [-0.4, -0.2) is 55.7 Å². The Morgan fingerprint density at radius 1 is 1.31 bits per heavy atom. The maximum absolute atomic E-state index is 12.0. The van der Waals surface area contributed by atoms with E-state index in [1.165, 1.54) is 11.1 Å². The van der Waals surface area contributed by atoms with Gasteiger partial charge in [-0.2, -0.15) is 0 Å². The predicted octanol–water partition coefficient (Wildman–Crippen LogP) is 2.39. The first kappa shape index (κ1) is 17.8. The number of aromatic nitrogens is 4. The quantitative estimate of drug-likeness (QED) is 0.740. The fraction of sp³-hybridized carbons (Fsp3) is 0.381. The van der Waals surface area contributed by atoms with Crippen molar-refractivity contribution in [3.8, 4) is 11.4 Å². The zero-order valence-electron chi connectivity index (χ0n) is 16.6. The monoisotopic (exact) mass is 389 g/mol. The number of rotatable bonds is 4. The van der Waals surface area contributed by atoms with Gasteiger partial charge < -0.3 is 14.8 Å². The van der Waals surface area contributed by atoms with E-state index in [-0.39, 0.29) is 11.9 Å². The molecule has 2 aliphatic rings. The van der Waals surface area contributed by atoms with E-state index in [0.717, 1.165) is 41.3 Å². The number of hydrogen-bond acceptors (Lipinski definition) is 6. The molecule has 1 N–H and O–H groups in total. The molecule has 1 atom stereocenters. The number of aryl methyl sites for hydroxylation is 1. The third-order valence-corrected chi connectivity index (χ3v) is 5.73. The summed E-state index contributed by atoms with van der Waals surface area (Å²) in [6, 6.07) is 6.48. The lowest BCUT2D eigenvalue weighted by Crippen LogP contribution is -2.31. The van der Waals surface area contributed by atoms with E-state index >= 15 is 0 Å². The summed E-state index contributed by atoms with van der Waals surface area (Å²) in [6.45, 7) is 4.10. The zero-order chi connectivity index (χ0) is 20.0. The molecule has 1 fully saturated rings. The molecule has 1 unspecified atom stereocenters. The summed E-state index contributed by atoms with van der Waals surface area (Å²) < 4.78 is 2.00. The normalized spacial score (nSPS) is 17.9. The molecule has 8 heteroatoms. The molecule has 0 saturated carbocycles. The molecule has 0 bridgehead atoms. The van der Waals surface area contributed by atoms with Gasteiger partial charge in [0.2, 0.25) is 5.91 Å². The van der Waals surface area contributed by atoms with E-state index in [2.05, 4.69) is 38.5 Å². The van der Waals surface area contributed by atoms with Gasteiger partial charge in [0.25, 0.3) is 0 Å². The fourth-order valence-electron chi connectivity index (χ4n) is 4.13. The lowest BCUT2D eigenvalue weighted by atomic mass is 10.1. The van der Waals surface area contributed by atoms with E-state index in [9.17, 15) is 4.79 Å². The van der Waals surface area contributed by atoms with Crippen LogP contribution in [0.4, 0.5) is 5.82 Å². The summed E-state index contributed by atoms with van der Waals surface area (Å²) in [7, 11) is 1.97. The Morgan fingerprint density at radius 2 is 2.21 bits per heavy atom. The molecule has 2 aromatic heterocycles. The van der Waals surface area contributed by atoms with Crippen LogP contribution in [0, 0.1) is 0 Å². The molecule has 5 rings (SSSR count). The molecule has 4 heterocycles. The Balaban J connectivity index is 1.46. The van der Waals surface area contributed by atoms with E-state index in [0.29, 0.717) is 19.5 Å². The lowest BCUT2D eigenvalue weighted by Gasteiger charge is -2.16. The van der Waals surface area contributed by atoms with Gasteiger partial charge in [-0.3, -0.25) is 9.79 Å². The number of likely N-dealkylation sites (tertiary alicyclic amines) is 1. The van der Waals surface area contributed by atoms with Crippen LogP contribution in [0.25, 0.3) is 22.6 Å². The van der Waals surface area contributed by atoms with Crippen LogP contribution in [0.15, 0.2) is 29.5 Å². The Kier molecular flexibility index (Phi) is 4.26. The van der Waals surface area contributed by atoms with E-state index < -0.39 is 0 Å². The molecule has 2 aliphatic heterocycles. The minimum absolute atomic E-state index is 0.172. The number of anilines is 1. The summed E-state index contributed by atoms with van der Waals surface area (Å²) in [4.78, 5) is 32.0. The smallest absolute Gasteiger partial charge is 0.222 e. The minimum atomic E-state index is 0.172. The second-order valence-electron chi connectivity index (χ2n) is 7.60. The van der Waals surface area contributed by atoms with Gasteiger partial charge in [-0.05, 0) is 23.6 Å². The highest BCUT2D eigenvalue weighted by atomic mass is 16.2. The van der Waals surface area contributed by atoms with Crippen molar-refractivity contribution in [3.63, 3.8) is 0 Å². The first-order valence-electron chi connectivity index (χ1n) is 9.99. The van der Waals surface area contributed by atoms with Crippen molar-refractivity contribution in [1.82, 2.24) is 24.4 Å². The molecule has 3 aromatic rings. The van der Waals surface area contributed by atoms with Gasteiger partial charge in [-0.15, -0.1) is 0 Å². The number of hydrogen-bond donors (Lipinski definition) is 1. The van der Waals surface area contributed by atoms with Gasteiger partial charge in [0, 0.05) is 44.4 Å². The number of fused-ring (bicyclic) bond motifs is 2. The van der Waals surface area contributed by atoms with Crippen molar-refractivity contribution >= 4 is 29.1 Å². The van der Waals surface area contributed by atoms with Crippen molar-refractivity contribution in [3.05, 3.63) is 35.7 Å². The molecule has 8 nitrogen and oxygen atoms in total. The maximum Gasteiger partial charge on any atom is 0.222 e. The Morgan fingerprint density at radius 3 is 3.07 bits per heavy atom. The summed E-state index contributed by atoms with van der Waals surface area (Å²) in [5, 5.41) is 3.49. The predicted molar refractivity (Wildman–Crippen MR) is 112 cm³/mol. The fourth-order valence-corrected chi connectivity index (χ4v) is 4.13. The van der Waals surface area contributed by atoms with Crippen LogP contribution in [0.5, 0.6) is 0 Å². The van der Waals surface area contributed by atoms with Gasteiger partial charge in [0.15, 0.2) is 17.0 Å². The van der Waals surface area contributed by atoms with Gasteiger partial charge in [-0.25, -0.2) is 15.0 Å². The van der Waals surface area contributed by atoms with Gasteiger partial charge >= 0.3 is 0 Å². The van der Waals surface area contributed by atoms with Crippen LogP contribution in [-0.2, 0) is 18.4 Å². The molecule has 29 heavy (non-hydrogen) atoms. The number of imidazole rings is 1. The van der Waals surface area contributed by atoms with Crippen LogP contribution >= 0.6 is 0 Å². The summed E-state index contributed by atoms with van der Waals surface area (Å²) in [5.41, 5.74) is 4.96. The van der Waals surface area contributed by atoms with Crippen LogP contribution in [0.3, 0.4) is 0 Å². The van der Waals surface area contributed by atoms with Crippen molar-refractivity contribution in [2.24, 2.45) is 12.0 Å². The second-order valence-corrected chi connectivity index (χ2v) is 7.60. The molecular weight excluding hydrogens is 366 g/mol. The van der Waals surface area contributed by atoms with Crippen LogP contribution < -0.4 is 5.32 Å². The second kappa shape index (κ2) is 6.95. The first-order chi connectivity index (χ1) is 14.1. The van der Waals surface area contributed by atoms with E-state index in [4.69, 9.17) is 4.98 Å². The average molecular weight is 389 g/mol. The molecule has 0 aliphatic carbocycles. The van der Waals surface area contributed by atoms with Gasteiger partial charge in [0.05, 0.1) is 6.54 Å². The van der Waals surface area contributed by atoms with Gasteiger partial charge in [-0.1, -0.05) is 19.1 Å². The molecular formula is C21H23N7O. The summed E-state index contributed by atoms with van der Waals surface area (Å²) >= 11 is 0. The molecule has 1 saturated heterocycles. The van der Waals surface area contributed by atoms with Crippen LogP contribution in [0.1, 0.15) is 30.9 Å². The molecule has 0 spiro atoms. The summed E-state index contributed by atoms with van der Waals surface area (Å²) in [5.74, 6) is 1.77. The molecule has 1 amide bonds. The minimum Gasteiger partial charge on any atom is -0.364 e. The first-order valence-corrected chi connectivity index (χ1v) is 9.99. The lowest BCUT2D eigenvalue weighted by molar-refractivity contribution is -0.129. The number of amides is 1. The maximum atomic E-state index is 12.0. The van der Waals surface area contributed by atoms with Crippen molar-refractivity contribution in [2.45, 2.75) is 32.4 Å². The summed E-state index contributed by atoms with van der Waals surface area (Å²) in [6.07, 6.45) is 4.92. The molecule has 148 valence electrons. The van der Waals surface area contributed by atoms with Crippen molar-refractivity contribution in [1.29, 1.82) is 0 Å². The largest absolute Gasteiger partial charge is 0.364 e.